The topological polar surface area (TPSA) is 53.1 Å². The van der Waals surface area contributed by atoms with Gasteiger partial charge in [0.25, 0.3) is 0 Å². The Morgan fingerprint density at radius 1 is 1.19 bits per heavy atom. The van der Waals surface area contributed by atoms with Crippen LogP contribution in [0.4, 0.5) is 0 Å². The molecule has 4 nitrogen and oxygen atoms in total. The summed E-state index contributed by atoms with van der Waals surface area (Å²) in [4.78, 5) is 0. The van der Waals surface area contributed by atoms with Crippen molar-refractivity contribution in [1.82, 2.24) is 9.78 Å². The van der Waals surface area contributed by atoms with Gasteiger partial charge in [0.15, 0.2) is 5.75 Å². The van der Waals surface area contributed by atoms with E-state index < -0.39 is 0 Å². The van der Waals surface area contributed by atoms with Gasteiger partial charge in [0, 0.05) is 11.5 Å². The molecule has 4 heteroatoms. The van der Waals surface area contributed by atoms with E-state index >= 15 is 0 Å². The van der Waals surface area contributed by atoms with Crippen molar-refractivity contribution < 1.29 is 4.74 Å². The lowest BCUT2D eigenvalue weighted by atomic mass is 9.76. The number of methoxy groups -OCH3 is 1. The molecule has 2 aromatic rings. The summed E-state index contributed by atoms with van der Waals surface area (Å²) < 4.78 is 7.42. The van der Waals surface area contributed by atoms with Crippen molar-refractivity contribution in [3.8, 4) is 5.75 Å². The Morgan fingerprint density at radius 3 is 2.33 bits per heavy atom. The summed E-state index contributed by atoms with van der Waals surface area (Å²) in [7, 11) is 1.66. The van der Waals surface area contributed by atoms with Crippen LogP contribution in [-0.2, 0) is 5.41 Å². The molecule has 1 heterocycles. The molecule has 1 unspecified atom stereocenters. The summed E-state index contributed by atoms with van der Waals surface area (Å²) in [6.07, 6.45) is 1.75. The Kier molecular flexibility index (Phi) is 4.37. The summed E-state index contributed by atoms with van der Waals surface area (Å²) >= 11 is 0. The van der Waals surface area contributed by atoms with Crippen LogP contribution in [0, 0.1) is 0 Å². The molecular formula is C17H25N3O. The monoisotopic (exact) mass is 287 g/mol. The normalized spacial score (nSPS) is 13.5. The van der Waals surface area contributed by atoms with Crippen molar-refractivity contribution in [2.75, 3.05) is 7.11 Å². The van der Waals surface area contributed by atoms with Crippen LogP contribution in [0.3, 0.4) is 0 Å². The highest BCUT2D eigenvalue weighted by atomic mass is 16.5. The molecule has 0 bridgehead atoms. The first-order valence-electron chi connectivity index (χ1n) is 7.32. The number of hydrogen-bond donors (Lipinski definition) is 1. The number of benzene rings is 1. The van der Waals surface area contributed by atoms with Gasteiger partial charge in [-0.25, -0.2) is 0 Å². The van der Waals surface area contributed by atoms with Gasteiger partial charge >= 0.3 is 0 Å². The second kappa shape index (κ2) is 5.90. The lowest BCUT2D eigenvalue weighted by molar-refractivity contribution is 0.352. The van der Waals surface area contributed by atoms with E-state index in [9.17, 15) is 0 Å². The Labute approximate surface area is 126 Å². The minimum absolute atomic E-state index is 0.209. The van der Waals surface area contributed by atoms with E-state index in [1.807, 2.05) is 22.9 Å². The zero-order valence-electron chi connectivity index (χ0n) is 13.5. The fourth-order valence-corrected chi connectivity index (χ4v) is 2.61. The largest absolute Gasteiger partial charge is 0.493 e. The molecule has 1 aromatic heterocycles. The van der Waals surface area contributed by atoms with Crippen LogP contribution >= 0.6 is 0 Å². The summed E-state index contributed by atoms with van der Waals surface area (Å²) in [5.74, 6) is 0.750. The van der Waals surface area contributed by atoms with Gasteiger partial charge in [-0.05, 0) is 19.4 Å². The molecular weight excluding hydrogens is 262 g/mol. The molecule has 1 atom stereocenters. The Bertz CT molecular complexity index is 587. The van der Waals surface area contributed by atoms with E-state index in [1.54, 1.807) is 13.3 Å². The van der Waals surface area contributed by atoms with Crippen LogP contribution in [0.1, 0.15) is 51.0 Å². The highest BCUT2D eigenvalue weighted by molar-refractivity contribution is 5.35. The van der Waals surface area contributed by atoms with Crippen LogP contribution in [-0.4, -0.2) is 16.9 Å². The molecule has 0 spiro atoms. The van der Waals surface area contributed by atoms with Gasteiger partial charge in [0.1, 0.15) is 0 Å². The number of ether oxygens (including phenoxy) is 1. The average Bonchev–Trinajstić information content (AvgIpc) is 2.91. The van der Waals surface area contributed by atoms with Crippen LogP contribution in [0.5, 0.6) is 5.75 Å². The maximum atomic E-state index is 6.62. The van der Waals surface area contributed by atoms with Gasteiger partial charge in [0.2, 0.25) is 0 Å². The fraction of sp³-hybridized carbons (Fsp3) is 0.471. The molecule has 1 aromatic carbocycles. The van der Waals surface area contributed by atoms with E-state index in [2.05, 4.69) is 44.9 Å². The first-order chi connectivity index (χ1) is 9.89. The number of aromatic nitrogens is 2. The van der Waals surface area contributed by atoms with Gasteiger partial charge in [-0.15, -0.1) is 0 Å². The summed E-state index contributed by atoms with van der Waals surface area (Å²) in [5, 5.41) is 4.43. The lowest BCUT2D eigenvalue weighted by Gasteiger charge is -2.33. The minimum Gasteiger partial charge on any atom is -0.493 e. The van der Waals surface area contributed by atoms with Crippen LogP contribution in [0.15, 0.2) is 36.5 Å². The SMILES string of the molecule is COc1cnn(C(C)C)c1C(N)C(C)(C)c1ccccc1. The minimum atomic E-state index is -0.221. The molecule has 0 saturated carbocycles. The molecule has 0 radical (unpaired) electrons. The smallest absolute Gasteiger partial charge is 0.161 e. The van der Waals surface area contributed by atoms with Crippen molar-refractivity contribution in [3.63, 3.8) is 0 Å². The fourth-order valence-electron chi connectivity index (χ4n) is 2.61. The molecule has 0 amide bonds. The molecule has 0 saturated heterocycles. The van der Waals surface area contributed by atoms with E-state index in [4.69, 9.17) is 10.5 Å². The van der Waals surface area contributed by atoms with Crippen molar-refractivity contribution in [2.45, 2.75) is 45.2 Å². The second-order valence-electron chi connectivity index (χ2n) is 6.20. The number of hydrogen-bond acceptors (Lipinski definition) is 3. The predicted octanol–water partition coefficient (Wildman–Crippen LogP) is 3.45. The quantitative estimate of drug-likeness (QED) is 0.916. The van der Waals surface area contributed by atoms with Gasteiger partial charge in [0.05, 0.1) is 25.0 Å². The van der Waals surface area contributed by atoms with Gasteiger partial charge in [-0.1, -0.05) is 44.2 Å². The highest BCUT2D eigenvalue weighted by Crippen LogP contribution is 2.39. The second-order valence-corrected chi connectivity index (χ2v) is 6.20. The number of nitrogens with zero attached hydrogens (tertiary/aromatic N) is 2. The zero-order valence-corrected chi connectivity index (χ0v) is 13.5. The van der Waals surface area contributed by atoms with E-state index in [0.29, 0.717) is 0 Å². The lowest BCUT2D eigenvalue weighted by Crippen LogP contribution is -2.35. The van der Waals surface area contributed by atoms with Crippen molar-refractivity contribution >= 4 is 0 Å². The maximum absolute atomic E-state index is 6.62. The molecule has 21 heavy (non-hydrogen) atoms. The number of rotatable bonds is 5. The first kappa shape index (κ1) is 15.6. The molecule has 0 aliphatic rings. The predicted molar refractivity (Wildman–Crippen MR) is 85.6 cm³/mol. The maximum Gasteiger partial charge on any atom is 0.161 e. The molecule has 0 aliphatic heterocycles. The zero-order chi connectivity index (χ0) is 15.6. The molecule has 114 valence electrons. The Hall–Kier alpha value is -1.81. The number of nitrogens with two attached hydrogens (primary N) is 1. The average molecular weight is 287 g/mol. The molecule has 2 rings (SSSR count). The Morgan fingerprint density at radius 2 is 1.81 bits per heavy atom. The standard InChI is InChI=1S/C17H25N3O/c1-12(2)20-15(14(21-5)11-19-20)16(18)17(3,4)13-9-7-6-8-10-13/h6-12,16H,18H2,1-5H3. The van der Waals surface area contributed by atoms with E-state index in [-0.39, 0.29) is 17.5 Å². The summed E-state index contributed by atoms with van der Waals surface area (Å²) in [6, 6.07) is 10.4. The summed E-state index contributed by atoms with van der Waals surface area (Å²) in [5.41, 5.74) is 8.55. The molecule has 2 N–H and O–H groups in total. The van der Waals surface area contributed by atoms with E-state index in [1.165, 1.54) is 5.56 Å². The van der Waals surface area contributed by atoms with Crippen LogP contribution in [0.2, 0.25) is 0 Å². The first-order valence-corrected chi connectivity index (χ1v) is 7.32. The molecule has 0 aliphatic carbocycles. The van der Waals surface area contributed by atoms with Gasteiger partial charge < -0.3 is 10.5 Å². The third-order valence-corrected chi connectivity index (χ3v) is 4.10. The van der Waals surface area contributed by atoms with Crippen LogP contribution in [0.25, 0.3) is 0 Å². The summed E-state index contributed by atoms with van der Waals surface area (Å²) in [6.45, 7) is 8.50. The third kappa shape index (κ3) is 2.81. The molecule has 0 fully saturated rings. The van der Waals surface area contributed by atoms with E-state index in [0.717, 1.165) is 11.4 Å². The van der Waals surface area contributed by atoms with Gasteiger partial charge in [-0.3, -0.25) is 4.68 Å². The van der Waals surface area contributed by atoms with Crippen molar-refractivity contribution in [3.05, 3.63) is 47.8 Å². The van der Waals surface area contributed by atoms with Gasteiger partial charge in [-0.2, -0.15) is 5.10 Å². The highest BCUT2D eigenvalue weighted by Gasteiger charge is 2.34. The van der Waals surface area contributed by atoms with Crippen molar-refractivity contribution in [1.29, 1.82) is 0 Å². The van der Waals surface area contributed by atoms with Crippen molar-refractivity contribution in [2.24, 2.45) is 5.73 Å². The third-order valence-electron chi connectivity index (χ3n) is 4.10. The Balaban J connectivity index is 2.48. The van der Waals surface area contributed by atoms with Crippen LogP contribution < -0.4 is 10.5 Å².